The lowest BCUT2D eigenvalue weighted by atomic mass is 9.96. The Hall–Kier alpha value is -6.33. The van der Waals surface area contributed by atoms with Gasteiger partial charge < -0.3 is 45.2 Å². The van der Waals surface area contributed by atoms with Crippen molar-refractivity contribution in [2.45, 2.75) is 142 Å². The zero-order chi connectivity index (χ0) is 53.2. The third kappa shape index (κ3) is 15.3. The van der Waals surface area contributed by atoms with E-state index in [1.54, 1.807) is 32.7 Å². The minimum absolute atomic E-state index is 0.0725. The SMILES string of the molecule is CCCCC(C)C(=O)N1CCC[C@H]1C(=O)N(C)C(Cc1ccccc1)C(=O)NCC(=O)N(C)[C@@H](C(=O)N[C@H](C(=O)NCC(=O)N(C)C(Cc1ccccc1)C(=O)N1CCC[C@@H]1C(=O)OC)[C@@H](C)CC)C(C)C. The summed E-state index contributed by atoms with van der Waals surface area (Å²) in [6.07, 6.45) is 5.53. The van der Waals surface area contributed by atoms with Crippen molar-refractivity contribution >= 4 is 53.2 Å². The number of hydrogen-bond donors (Lipinski definition) is 3. The highest BCUT2D eigenvalue weighted by Gasteiger charge is 2.42. The van der Waals surface area contributed by atoms with Crippen molar-refractivity contribution in [3.05, 3.63) is 71.8 Å². The van der Waals surface area contributed by atoms with Crippen molar-refractivity contribution in [3.8, 4) is 0 Å². The van der Waals surface area contributed by atoms with Crippen LogP contribution in [0.1, 0.15) is 104 Å². The van der Waals surface area contributed by atoms with Gasteiger partial charge >= 0.3 is 5.97 Å². The first kappa shape index (κ1) is 58.2. The van der Waals surface area contributed by atoms with Gasteiger partial charge in [0.15, 0.2) is 0 Å². The van der Waals surface area contributed by atoms with Gasteiger partial charge in [-0.05, 0) is 55.1 Å². The molecular weight excluding hydrogens is 921 g/mol. The standard InChI is InChI=1S/C54H80N8O10/c1-11-13-22-37(6)51(68)61-29-20-27-40(61)52(69)59(8)42(31-38-23-16-14-17-24-38)48(65)55-34-45(64)60(9)47(35(3)4)50(67)57-46(36(5)12-2)49(66)56-33-44(63)58(7)43(32-39-25-18-15-19-26-39)53(70)62-30-21-28-41(62)54(71)72-10/h14-19,23-26,35-37,40-43,46-47H,11-13,20-22,27-34H2,1-10H3,(H,55,65)(H,56,66)(H,57,67)/t36-,37?,40-,41+,42?,43?,46-,47+/m0/s1. The smallest absolute Gasteiger partial charge is 0.328 e. The highest BCUT2D eigenvalue weighted by molar-refractivity contribution is 5.97. The van der Waals surface area contributed by atoms with Gasteiger partial charge in [0.1, 0.15) is 36.3 Å². The van der Waals surface area contributed by atoms with Gasteiger partial charge in [0.2, 0.25) is 47.3 Å². The normalized spacial score (nSPS) is 17.9. The molecule has 0 aromatic heterocycles. The molecule has 3 unspecified atom stereocenters. The lowest BCUT2D eigenvalue weighted by Crippen LogP contribution is -2.59. The summed E-state index contributed by atoms with van der Waals surface area (Å²) in [6, 6.07) is 12.6. The number of ether oxygens (including phenoxy) is 1. The van der Waals surface area contributed by atoms with Gasteiger partial charge in [-0.2, -0.15) is 0 Å². The summed E-state index contributed by atoms with van der Waals surface area (Å²) in [5.74, 6) is -5.48. The molecule has 18 heteroatoms. The molecule has 4 rings (SSSR count). The van der Waals surface area contributed by atoms with Crippen molar-refractivity contribution in [1.82, 2.24) is 40.4 Å². The Morgan fingerprint density at radius 3 is 1.69 bits per heavy atom. The molecule has 2 saturated heterocycles. The van der Waals surface area contributed by atoms with Gasteiger partial charge in [0, 0.05) is 53.0 Å². The predicted octanol–water partition coefficient (Wildman–Crippen LogP) is 3.35. The Kier molecular flexibility index (Phi) is 22.7. The molecule has 18 nitrogen and oxygen atoms in total. The second-order valence-electron chi connectivity index (χ2n) is 19.8. The highest BCUT2D eigenvalue weighted by atomic mass is 16.5. The molecule has 0 aliphatic carbocycles. The first-order chi connectivity index (χ1) is 34.3. The zero-order valence-electron chi connectivity index (χ0n) is 44.2. The molecule has 2 aliphatic heterocycles. The van der Waals surface area contributed by atoms with Crippen molar-refractivity contribution in [3.63, 3.8) is 0 Å². The quantitative estimate of drug-likeness (QED) is 0.123. The van der Waals surface area contributed by atoms with Crippen molar-refractivity contribution in [2.24, 2.45) is 17.8 Å². The van der Waals surface area contributed by atoms with Crippen molar-refractivity contribution in [1.29, 1.82) is 0 Å². The number of likely N-dealkylation sites (N-methyl/N-ethyl adjacent to an activating group) is 3. The first-order valence-corrected chi connectivity index (χ1v) is 25.7. The molecule has 0 saturated carbocycles. The van der Waals surface area contributed by atoms with Gasteiger partial charge in [0.25, 0.3) is 0 Å². The van der Waals surface area contributed by atoms with E-state index in [9.17, 15) is 43.2 Å². The van der Waals surface area contributed by atoms with E-state index in [-0.39, 0.29) is 30.6 Å². The summed E-state index contributed by atoms with van der Waals surface area (Å²) in [5, 5.41) is 8.21. The van der Waals surface area contributed by atoms with Gasteiger partial charge in [0.05, 0.1) is 20.2 Å². The minimum Gasteiger partial charge on any atom is -0.467 e. The molecule has 2 aliphatic rings. The number of carbonyl (C=O) groups is 9. The molecule has 396 valence electrons. The summed E-state index contributed by atoms with van der Waals surface area (Å²) >= 11 is 0. The second kappa shape index (κ2) is 28.1. The molecular formula is C54H80N8O10. The number of methoxy groups -OCH3 is 1. The average Bonchev–Trinajstić information content (AvgIpc) is 4.09. The van der Waals surface area contributed by atoms with Crippen LogP contribution in [-0.4, -0.2) is 168 Å². The third-order valence-electron chi connectivity index (χ3n) is 14.4. The molecule has 72 heavy (non-hydrogen) atoms. The predicted molar refractivity (Wildman–Crippen MR) is 272 cm³/mol. The molecule has 2 aromatic rings. The summed E-state index contributed by atoms with van der Waals surface area (Å²) < 4.78 is 4.96. The number of nitrogens with zero attached hydrogens (tertiary/aromatic N) is 5. The first-order valence-electron chi connectivity index (χ1n) is 25.7. The number of likely N-dealkylation sites (tertiary alicyclic amines) is 2. The van der Waals surface area contributed by atoms with Gasteiger partial charge in [-0.3, -0.25) is 38.4 Å². The summed E-state index contributed by atoms with van der Waals surface area (Å²) in [6.45, 7) is 10.9. The van der Waals surface area contributed by atoms with Crippen molar-refractivity contribution in [2.75, 3.05) is 54.4 Å². The maximum absolute atomic E-state index is 14.2. The van der Waals surface area contributed by atoms with Gasteiger partial charge in [-0.25, -0.2) is 4.79 Å². The molecule has 2 fully saturated rings. The maximum atomic E-state index is 14.2. The molecule has 0 radical (unpaired) electrons. The van der Waals surface area contributed by atoms with Crippen LogP contribution in [0.25, 0.3) is 0 Å². The average molecular weight is 1000 g/mol. The lowest BCUT2D eigenvalue weighted by molar-refractivity contribution is -0.154. The van der Waals surface area contributed by atoms with E-state index < -0.39 is 103 Å². The minimum atomic E-state index is -1.12. The van der Waals surface area contributed by atoms with Crippen LogP contribution in [0.4, 0.5) is 0 Å². The van der Waals surface area contributed by atoms with E-state index in [1.165, 1.54) is 40.8 Å². The van der Waals surface area contributed by atoms with E-state index >= 15 is 0 Å². The number of hydrogen-bond acceptors (Lipinski definition) is 10. The number of rotatable bonds is 25. The molecule has 8 atom stereocenters. The van der Waals surface area contributed by atoms with Crippen LogP contribution < -0.4 is 16.0 Å². The number of esters is 1. The Bertz CT molecular complexity index is 2180. The fourth-order valence-corrected chi connectivity index (χ4v) is 9.66. The lowest BCUT2D eigenvalue weighted by Gasteiger charge is -2.34. The van der Waals surface area contributed by atoms with Crippen LogP contribution in [0.5, 0.6) is 0 Å². The Labute approximate surface area is 426 Å². The highest BCUT2D eigenvalue weighted by Crippen LogP contribution is 2.26. The zero-order valence-corrected chi connectivity index (χ0v) is 44.2. The molecule has 8 amide bonds. The Morgan fingerprint density at radius 2 is 1.17 bits per heavy atom. The molecule has 0 spiro atoms. The molecule has 0 bridgehead atoms. The van der Waals surface area contributed by atoms with Gasteiger partial charge in [-0.1, -0.05) is 121 Å². The number of carbonyl (C=O) groups excluding carboxylic acids is 9. The van der Waals surface area contributed by atoms with E-state index in [0.29, 0.717) is 45.2 Å². The van der Waals surface area contributed by atoms with Crippen LogP contribution in [-0.2, 0) is 60.7 Å². The number of unbranched alkanes of at least 4 members (excludes halogenated alkanes) is 1. The van der Waals surface area contributed by atoms with Gasteiger partial charge in [-0.15, -0.1) is 0 Å². The van der Waals surface area contributed by atoms with Crippen LogP contribution in [0, 0.1) is 17.8 Å². The van der Waals surface area contributed by atoms with E-state index in [0.717, 1.165) is 30.4 Å². The topological polar surface area (TPSA) is 215 Å². The summed E-state index contributed by atoms with van der Waals surface area (Å²) in [7, 11) is 5.73. The summed E-state index contributed by atoms with van der Waals surface area (Å²) in [5.41, 5.74) is 1.58. The number of nitrogens with one attached hydrogen (secondary N) is 3. The second-order valence-corrected chi connectivity index (χ2v) is 19.8. The van der Waals surface area contributed by atoms with E-state index in [2.05, 4.69) is 22.9 Å². The number of amides is 8. The monoisotopic (exact) mass is 1000 g/mol. The summed E-state index contributed by atoms with van der Waals surface area (Å²) in [4.78, 5) is 131. The molecule has 2 heterocycles. The Morgan fingerprint density at radius 1 is 0.653 bits per heavy atom. The van der Waals surface area contributed by atoms with E-state index in [4.69, 9.17) is 4.74 Å². The van der Waals surface area contributed by atoms with Crippen LogP contribution >= 0.6 is 0 Å². The van der Waals surface area contributed by atoms with Crippen molar-refractivity contribution < 1.29 is 47.9 Å². The van der Waals surface area contributed by atoms with Crippen LogP contribution in [0.15, 0.2) is 60.7 Å². The van der Waals surface area contributed by atoms with E-state index in [1.807, 2.05) is 74.5 Å². The van der Waals surface area contributed by atoms with Crippen LogP contribution in [0.3, 0.4) is 0 Å². The molecule has 2 aromatic carbocycles. The Balaban J connectivity index is 1.44. The molecule has 3 N–H and O–H groups in total. The fraction of sp³-hybridized carbons (Fsp3) is 0.611. The number of benzene rings is 2. The van der Waals surface area contributed by atoms with Crippen LogP contribution in [0.2, 0.25) is 0 Å². The maximum Gasteiger partial charge on any atom is 0.328 e. The third-order valence-corrected chi connectivity index (χ3v) is 14.4. The largest absolute Gasteiger partial charge is 0.467 e. The fourth-order valence-electron chi connectivity index (χ4n) is 9.66.